The fraction of sp³-hybridized carbons (Fsp3) is 0.750. The van der Waals surface area contributed by atoms with Crippen LogP contribution < -0.4 is 0 Å². The number of halogens is 2. The lowest BCUT2D eigenvalue weighted by atomic mass is 9.90. The van der Waals surface area contributed by atoms with Gasteiger partial charge >= 0.3 is 0 Å². The third kappa shape index (κ3) is 3.39. The summed E-state index contributed by atoms with van der Waals surface area (Å²) in [5, 5.41) is 4.56. The molecule has 1 heterocycles. The molecule has 0 fully saturated rings. The van der Waals surface area contributed by atoms with Gasteiger partial charge in [0.2, 0.25) is 0 Å². The second-order valence-electron chi connectivity index (χ2n) is 4.80. The molecule has 1 aromatic rings. The number of alkyl halides is 2. The van der Waals surface area contributed by atoms with Crippen LogP contribution >= 0.6 is 23.2 Å². The van der Waals surface area contributed by atoms with E-state index >= 15 is 0 Å². The van der Waals surface area contributed by atoms with Crippen molar-refractivity contribution in [3.63, 3.8) is 0 Å². The van der Waals surface area contributed by atoms with Crippen molar-refractivity contribution in [3.8, 4) is 0 Å². The zero-order valence-electron chi connectivity index (χ0n) is 10.2. The second-order valence-corrected chi connectivity index (χ2v) is 5.33. The maximum atomic E-state index is 5.94. The van der Waals surface area contributed by atoms with Gasteiger partial charge in [-0.05, 0) is 25.8 Å². The number of aromatic nitrogens is 2. The SMILES string of the molecule is CCC(C)n1ccc(CC(C)(CCl)CCl)n1. The Morgan fingerprint density at radius 3 is 2.56 bits per heavy atom. The van der Waals surface area contributed by atoms with Gasteiger partial charge in [0.15, 0.2) is 0 Å². The van der Waals surface area contributed by atoms with Crippen molar-refractivity contribution < 1.29 is 0 Å². The first-order valence-electron chi connectivity index (χ1n) is 5.70. The van der Waals surface area contributed by atoms with E-state index in [4.69, 9.17) is 23.2 Å². The molecule has 2 nitrogen and oxygen atoms in total. The number of rotatable bonds is 6. The van der Waals surface area contributed by atoms with Crippen molar-refractivity contribution in [2.45, 2.75) is 39.7 Å². The van der Waals surface area contributed by atoms with Gasteiger partial charge < -0.3 is 0 Å². The largest absolute Gasteiger partial charge is 0.270 e. The molecule has 0 radical (unpaired) electrons. The Bertz CT molecular complexity index is 319. The maximum Gasteiger partial charge on any atom is 0.0631 e. The lowest BCUT2D eigenvalue weighted by Crippen LogP contribution is -2.24. The molecule has 0 aliphatic carbocycles. The van der Waals surface area contributed by atoms with E-state index in [9.17, 15) is 0 Å². The Morgan fingerprint density at radius 1 is 1.44 bits per heavy atom. The maximum absolute atomic E-state index is 5.94. The van der Waals surface area contributed by atoms with Crippen LogP contribution in [0.3, 0.4) is 0 Å². The monoisotopic (exact) mass is 262 g/mol. The molecule has 1 rings (SSSR count). The van der Waals surface area contributed by atoms with Crippen LogP contribution in [0.1, 0.15) is 38.9 Å². The van der Waals surface area contributed by atoms with E-state index in [0.29, 0.717) is 17.8 Å². The Balaban J connectivity index is 2.71. The van der Waals surface area contributed by atoms with E-state index in [-0.39, 0.29) is 5.41 Å². The molecule has 1 aromatic heterocycles. The van der Waals surface area contributed by atoms with Gasteiger partial charge in [0.05, 0.1) is 5.69 Å². The Morgan fingerprint density at radius 2 is 2.06 bits per heavy atom. The summed E-state index contributed by atoms with van der Waals surface area (Å²) in [6, 6.07) is 2.51. The number of nitrogens with zero attached hydrogens (tertiary/aromatic N) is 2. The summed E-state index contributed by atoms with van der Waals surface area (Å²) in [7, 11) is 0. The molecule has 1 unspecified atom stereocenters. The summed E-state index contributed by atoms with van der Waals surface area (Å²) >= 11 is 11.9. The van der Waals surface area contributed by atoms with Gasteiger partial charge in [-0.15, -0.1) is 23.2 Å². The molecule has 0 aromatic carbocycles. The first-order chi connectivity index (χ1) is 7.54. The van der Waals surface area contributed by atoms with Crippen LogP contribution in [-0.4, -0.2) is 21.5 Å². The van der Waals surface area contributed by atoms with Crippen LogP contribution in [0.15, 0.2) is 12.3 Å². The highest BCUT2D eigenvalue weighted by atomic mass is 35.5. The van der Waals surface area contributed by atoms with Gasteiger partial charge in [-0.3, -0.25) is 4.68 Å². The summed E-state index contributed by atoms with van der Waals surface area (Å²) in [6.07, 6.45) is 3.96. The van der Waals surface area contributed by atoms with Crippen molar-refractivity contribution >= 4 is 23.2 Å². The van der Waals surface area contributed by atoms with Gasteiger partial charge in [0.25, 0.3) is 0 Å². The summed E-state index contributed by atoms with van der Waals surface area (Å²) in [4.78, 5) is 0. The van der Waals surface area contributed by atoms with Crippen molar-refractivity contribution in [1.82, 2.24) is 9.78 Å². The van der Waals surface area contributed by atoms with E-state index in [0.717, 1.165) is 18.5 Å². The van der Waals surface area contributed by atoms with Crippen LogP contribution in [0.2, 0.25) is 0 Å². The molecule has 0 aliphatic heterocycles. The molecule has 0 bridgehead atoms. The molecule has 0 amide bonds. The molecule has 16 heavy (non-hydrogen) atoms. The predicted octanol–water partition coefficient (Wildman–Crippen LogP) is 3.88. The van der Waals surface area contributed by atoms with Crippen LogP contribution in [0, 0.1) is 5.41 Å². The summed E-state index contributed by atoms with van der Waals surface area (Å²) in [5.41, 5.74) is 1.02. The number of hydrogen-bond donors (Lipinski definition) is 0. The lowest BCUT2D eigenvalue weighted by molar-refractivity contribution is 0.409. The number of hydrogen-bond acceptors (Lipinski definition) is 1. The van der Waals surface area contributed by atoms with Crippen LogP contribution in [0.25, 0.3) is 0 Å². The van der Waals surface area contributed by atoms with Gasteiger partial charge in [0.1, 0.15) is 0 Å². The second kappa shape index (κ2) is 5.92. The van der Waals surface area contributed by atoms with E-state index in [2.05, 4.69) is 31.9 Å². The summed E-state index contributed by atoms with van der Waals surface area (Å²) < 4.78 is 2.01. The quantitative estimate of drug-likeness (QED) is 0.712. The highest BCUT2D eigenvalue weighted by Gasteiger charge is 2.24. The van der Waals surface area contributed by atoms with E-state index in [1.807, 2.05) is 10.9 Å². The fourth-order valence-electron chi connectivity index (χ4n) is 1.47. The Labute approximate surface area is 108 Å². The fourth-order valence-corrected chi connectivity index (χ4v) is 1.95. The zero-order valence-corrected chi connectivity index (χ0v) is 11.7. The summed E-state index contributed by atoms with van der Waals surface area (Å²) in [6.45, 7) is 6.42. The van der Waals surface area contributed by atoms with Gasteiger partial charge in [-0.2, -0.15) is 5.10 Å². The van der Waals surface area contributed by atoms with Gasteiger partial charge in [0, 0.05) is 29.4 Å². The highest BCUT2D eigenvalue weighted by molar-refractivity contribution is 6.21. The molecule has 1 atom stereocenters. The van der Waals surface area contributed by atoms with Crippen LogP contribution in [0.5, 0.6) is 0 Å². The third-order valence-corrected chi connectivity index (χ3v) is 4.25. The predicted molar refractivity (Wildman–Crippen MR) is 70.5 cm³/mol. The summed E-state index contributed by atoms with van der Waals surface area (Å²) in [5.74, 6) is 1.12. The minimum Gasteiger partial charge on any atom is -0.270 e. The van der Waals surface area contributed by atoms with E-state index in [1.54, 1.807) is 0 Å². The molecule has 0 N–H and O–H groups in total. The molecular formula is C12H20Cl2N2. The standard InChI is InChI=1S/C12H20Cl2N2/c1-4-10(2)16-6-5-11(15-16)7-12(3,8-13)9-14/h5-6,10H,4,7-9H2,1-3H3. The van der Waals surface area contributed by atoms with Gasteiger partial charge in [-0.1, -0.05) is 13.8 Å². The van der Waals surface area contributed by atoms with Crippen LogP contribution in [0.4, 0.5) is 0 Å². The highest BCUT2D eigenvalue weighted by Crippen LogP contribution is 2.25. The molecule has 0 saturated carbocycles. The molecular weight excluding hydrogens is 243 g/mol. The van der Waals surface area contributed by atoms with E-state index < -0.39 is 0 Å². The zero-order chi connectivity index (χ0) is 12.2. The van der Waals surface area contributed by atoms with Gasteiger partial charge in [-0.25, -0.2) is 0 Å². The third-order valence-electron chi connectivity index (χ3n) is 2.96. The van der Waals surface area contributed by atoms with Crippen molar-refractivity contribution in [2.24, 2.45) is 5.41 Å². The van der Waals surface area contributed by atoms with Crippen molar-refractivity contribution in [3.05, 3.63) is 18.0 Å². The van der Waals surface area contributed by atoms with Crippen molar-refractivity contribution in [1.29, 1.82) is 0 Å². The van der Waals surface area contributed by atoms with Crippen molar-refractivity contribution in [2.75, 3.05) is 11.8 Å². The van der Waals surface area contributed by atoms with Crippen LogP contribution in [-0.2, 0) is 6.42 Å². The Hall–Kier alpha value is -0.210. The molecule has 4 heteroatoms. The average molecular weight is 263 g/mol. The minimum absolute atomic E-state index is 0.0578. The molecule has 0 spiro atoms. The average Bonchev–Trinajstić information content (AvgIpc) is 2.76. The van der Waals surface area contributed by atoms with E-state index in [1.165, 1.54) is 0 Å². The normalized spacial score (nSPS) is 14.1. The molecule has 92 valence electrons. The molecule has 0 aliphatic rings. The topological polar surface area (TPSA) is 17.8 Å². The first kappa shape index (κ1) is 13.9. The molecule has 0 saturated heterocycles. The minimum atomic E-state index is -0.0578. The smallest absolute Gasteiger partial charge is 0.0631 e. The first-order valence-corrected chi connectivity index (χ1v) is 6.77. The Kier molecular flexibility index (Phi) is 5.13. The lowest BCUT2D eigenvalue weighted by Gasteiger charge is -2.22.